The topological polar surface area (TPSA) is 36.9 Å². The first-order valence-corrected chi connectivity index (χ1v) is 4.00. The largest absolute Gasteiger partial charge is 0.299 e. The fraction of sp³-hybridized carbons (Fsp3) is 0.667. The summed E-state index contributed by atoms with van der Waals surface area (Å²) in [6.07, 6.45) is 2.69. The van der Waals surface area contributed by atoms with Crippen molar-refractivity contribution in [3.8, 4) is 0 Å². The van der Waals surface area contributed by atoms with Gasteiger partial charge in [-0.05, 0) is 18.6 Å². The van der Waals surface area contributed by atoms with E-state index in [4.69, 9.17) is 12.2 Å². The van der Waals surface area contributed by atoms with Crippen LogP contribution in [0.2, 0.25) is 0 Å². The Morgan fingerprint density at radius 2 is 2.55 bits per heavy atom. The van der Waals surface area contributed by atoms with E-state index < -0.39 is 0 Å². The van der Waals surface area contributed by atoms with Crippen LogP contribution >= 0.6 is 12.2 Å². The van der Waals surface area contributed by atoms with Crippen molar-refractivity contribution in [3.63, 3.8) is 0 Å². The van der Waals surface area contributed by atoms with Crippen LogP contribution in [-0.2, 0) is 0 Å². The Hall–Kier alpha value is -0.840. The molecule has 62 valence electrons. The summed E-state index contributed by atoms with van der Waals surface area (Å²) in [6.45, 7) is 3.09. The highest BCUT2D eigenvalue weighted by molar-refractivity contribution is 7.71. The summed E-state index contributed by atoms with van der Waals surface area (Å²) >= 11 is 4.95. The van der Waals surface area contributed by atoms with Gasteiger partial charge in [0.25, 0.3) is 0 Å². The molecule has 0 aromatic carbocycles. The first kappa shape index (κ1) is 8.26. The zero-order chi connectivity index (χ0) is 8.27. The van der Waals surface area contributed by atoms with Crippen molar-refractivity contribution >= 4 is 12.2 Å². The minimum Gasteiger partial charge on any atom is -0.299 e. The fourth-order valence-corrected chi connectivity index (χ4v) is 1.16. The predicted octanol–water partition coefficient (Wildman–Crippen LogP) is 0.918. The number of nitrogens with one attached hydrogen (secondary N) is 1. The van der Waals surface area contributed by atoms with Gasteiger partial charge in [0, 0.05) is 13.6 Å². The van der Waals surface area contributed by atoms with Crippen molar-refractivity contribution in [2.75, 3.05) is 18.6 Å². The van der Waals surface area contributed by atoms with Gasteiger partial charge in [-0.25, -0.2) is 4.98 Å². The summed E-state index contributed by atoms with van der Waals surface area (Å²) < 4.78 is 0.570. The zero-order valence-corrected chi connectivity index (χ0v) is 7.56. The van der Waals surface area contributed by atoms with Crippen LogP contribution in [0.3, 0.4) is 0 Å². The van der Waals surface area contributed by atoms with Crippen molar-refractivity contribution < 1.29 is 0 Å². The fourth-order valence-electron chi connectivity index (χ4n) is 0.917. The minimum atomic E-state index is 0.570. The lowest BCUT2D eigenvalue weighted by atomic mass is 10.5. The summed E-state index contributed by atoms with van der Waals surface area (Å²) in [4.78, 5) is 5.65. The maximum Gasteiger partial charge on any atom is 0.236 e. The number of aromatic amines is 1. The number of hydrogen-bond donors (Lipinski definition) is 1. The van der Waals surface area contributed by atoms with Crippen molar-refractivity contribution in [2.24, 2.45) is 0 Å². The molecule has 1 N–H and O–H groups in total. The summed E-state index contributed by atoms with van der Waals surface area (Å²) in [5.74, 6) is 0. The second-order valence-electron chi connectivity index (χ2n) is 2.36. The Balaban J connectivity index is 2.75. The third-order valence-corrected chi connectivity index (χ3v) is 1.70. The third-order valence-electron chi connectivity index (χ3n) is 1.42. The molecule has 0 saturated carbocycles. The monoisotopic (exact) mass is 172 g/mol. The van der Waals surface area contributed by atoms with Gasteiger partial charge in [0.05, 0.1) is 0 Å². The highest BCUT2D eigenvalue weighted by Crippen LogP contribution is 1.88. The second-order valence-corrected chi connectivity index (χ2v) is 2.73. The van der Waals surface area contributed by atoms with Crippen molar-refractivity contribution in [1.29, 1.82) is 0 Å². The van der Waals surface area contributed by atoms with Gasteiger partial charge in [0.15, 0.2) is 0 Å². The highest BCUT2D eigenvalue weighted by Gasteiger charge is 1.97. The lowest BCUT2D eigenvalue weighted by Gasteiger charge is -2.17. The molecule has 0 atom stereocenters. The Kier molecular flexibility index (Phi) is 2.64. The van der Waals surface area contributed by atoms with Gasteiger partial charge in [0.2, 0.25) is 4.77 Å². The average molecular weight is 172 g/mol. The van der Waals surface area contributed by atoms with Crippen LogP contribution in [0.1, 0.15) is 13.3 Å². The van der Waals surface area contributed by atoms with E-state index in [2.05, 4.69) is 17.0 Å². The first-order valence-electron chi connectivity index (χ1n) is 3.59. The van der Waals surface area contributed by atoms with Gasteiger partial charge in [-0.3, -0.25) is 10.1 Å². The van der Waals surface area contributed by atoms with Gasteiger partial charge in [-0.15, -0.1) is 0 Å². The van der Waals surface area contributed by atoms with Gasteiger partial charge < -0.3 is 0 Å². The smallest absolute Gasteiger partial charge is 0.236 e. The molecular formula is C6H12N4S. The molecule has 1 heterocycles. The number of hydrogen-bond acceptors (Lipinski definition) is 3. The first-order chi connectivity index (χ1) is 5.25. The van der Waals surface area contributed by atoms with Crippen molar-refractivity contribution in [2.45, 2.75) is 13.3 Å². The van der Waals surface area contributed by atoms with E-state index >= 15 is 0 Å². The molecule has 0 bridgehead atoms. The van der Waals surface area contributed by atoms with E-state index in [1.807, 2.05) is 12.1 Å². The molecule has 0 saturated heterocycles. The van der Waals surface area contributed by atoms with E-state index in [9.17, 15) is 0 Å². The van der Waals surface area contributed by atoms with Crippen LogP contribution in [0.4, 0.5) is 0 Å². The Morgan fingerprint density at radius 3 is 3.00 bits per heavy atom. The predicted molar refractivity (Wildman–Crippen MR) is 46.7 cm³/mol. The van der Waals surface area contributed by atoms with Crippen LogP contribution in [0.25, 0.3) is 0 Å². The van der Waals surface area contributed by atoms with Gasteiger partial charge in [0.1, 0.15) is 6.33 Å². The van der Waals surface area contributed by atoms with E-state index in [0.29, 0.717) is 4.77 Å². The molecular weight excluding hydrogens is 160 g/mol. The molecule has 0 aliphatic rings. The lowest BCUT2D eigenvalue weighted by molar-refractivity contribution is 0.567. The molecule has 0 aliphatic carbocycles. The summed E-state index contributed by atoms with van der Waals surface area (Å²) in [5.41, 5.74) is 0. The molecule has 5 heteroatoms. The standard InChI is InChI=1S/C6H12N4S/c1-3-4-9(2)10-6(11)7-5-8-10/h5H,3-4H2,1-2H3,(H,7,8,11). The molecule has 11 heavy (non-hydrogen) atoms. The van der Waals surface area contributed by atoms with E-state index in [-0.39, 0.29) is 0 Å². The number of rotatable bonds is 3. The number of H-pyrrole nitrogens is 1. The summed E-state index contributed by atoms with van der Waals surface area (Å²) in [6, 6.07) is 0. The van der Waals surface area contributed by atoms with Crippen LogP contribution in [0.15, 0.2) is 6.33 Å². The van der Waals surface area contributed by atoms with Crippen LogP contribution in [0, 0.1) is 4.77 Å². The molecule has 0 aliphatic heterocycles. The number of aromatic nitrogens is 3. The van der Waals surface area contributed by atoms with Gasteiger partial charge in [-0.2, -0.15) is 4.79 Å². The zero-order valence-electron chi connectivity index (χ0n) is 6.74. The molecule has 4 nitrogen and oxygen atoms in total. The molecule has 0 unspecified atom stereocenters. The van der Waals surface area contributed by atoms with Crippen molar-refractivity contribution in [3.05, 3.63) is 11.1 Å². The summed E-state index contributed by atoms with van der Waals surface area (Å²) in [5, 5.41) is 4.91. The number of nitrogens with zero attached hydrogens (tertiary/aromatic N) is 3. The highest BCUT2D eigenvalue weighted by atomic mass is 32.1. The minimum absolute atomic E-state index is 0.570. The van der Waals surface area contributed by atoms with E-state index in [1.54, 1.807) is 11.1 Å². The second kappa shape index (κ2) is 3.52. The molecule has 0 fully saturated rings. The van der Waals surface area contributed by atoms with Gasteiger partial charge in [-0.1, -0.05) is 6.92 Å². The lowest BCUT2D eigenvalue weighted by Crippen LogP contribution is -2.31. The maximum atomic E-state index is 4.95. The molecule has 0 spiro atoms. The van der Waals surface area contributed by atoms with E-state index in [0.717, 1.165) is 13.0 Å². The normalized spacial score (nSPS) is 10.0. The average Bonchev–Trinajstić information content (AvgIpc) is 2.36. The van der Waals surface area contributed by atoms with Gasteiger partial charge >= 0.3 is 0 Å². The van der Waals surface area contributed by atoms with Crippen molar-refractivity contribution in [1.82, 2.24) is 14.9 Å². The van der Waals surface area contributed by atoms with Crippen LogP contribution in [-0.4, -0.2) is 28.5 Å². The molecule has 1 aromatic heterocycles. The summed E-state index contributed by atoms with van der Waals surface area (Å²) in [7, 11) is 1.97. The Bertz CT molecular complexity index is 264. The quantitative estimate of drug-likeness (QED) is 0.689. The molecule has 0 amide bonds. The Labute approximate surface area is 70.8 Å². The molecule has 0 radical (unpaired) electrons. The maximum absolute atomic E-state index is 4.95. The molecule has 1 rings (SSSR count). The molecule has 1 aromatic rings. The van der Waals surface area contributed by atoms with E-state index in [1.165, 1.54) is 0 Å². The van der Waals surface area contributed by atoms with Crippen LogP contribution in [0.5, 0.6) is 0 Å². The Morgan fingerprint density at radius 1 is 1.82 bits per heavy atom. The SMILES string of the molecule is CCCN(C)n1[nH]cnc1=S. The van der Waals surface area contributed by atoms with Crippen LogP contribution < -0.4 is 5.01 Å². The third kappa shape index (κ3) is 1.80.